The zero-order chi connectivity index (χ0) is 15.6. The van der Waals surface area contributed by atoms with Gasteiger partial charge < -0.3 is 19.1 Å². The molecule has 0 spiro atoms. The average molecular weight is 339 g/mol. The van der Waals surface area contributed by atoms with Gasteiger partial charge in [0.15, 0.2) is 0 Å². The van der Waals surface area contributed by atoms with E-state index in [1.165, 1.54) is 0 Å². The maximum Gasteiger partial charge on any atom is 0.208 e. The van der Waals surface area contributed by atoms with E-state index in [2.05, 4.69) is 15.1 Å². The monoisotopic (exact) mass is 339 g/mol. The molecule has 7 heteroatoms. The molecule has 0 aromatic carbocycles. The minimum absolute atomic E-state index is 0.146. The molecule has 4 rings (SSSR count). The summed E-state index contributed by atoms with van der Waals surface area (Å²) in [6, 6.07) is 0.385. The summed E-state index contributed by atoms with van der Waals surface area (Å²) in [5, 5.41) is 10.5. The van der Waals surface area contributed by atoms with Crippen LogP contribution >= 0.6 is 11.3 Å². The first kappa shape index (κ1) is 15.7. The van der Waals surface area contributed by atoms with E-state index in [1.807, 2.05) is 6.92 Å². The number of fused-ring (bicyclic) bond motifs is 1. The highest BCUT2D eigenvalue weighted by atomic mass is 32.1. The fraction of sp³-hybridized carbons (Fsp3) is 0.875. The van der Waals surface area contributed by atoms with Gasteiger partial charge in [-0.15, -0.1) is 10.2 Å². The van der Waals surface area contributed by atoms with Crippen LogP contribution in [0.15, 0.2) is 0 Å². The summed E-state index contributed by atoms with van der Waals surface area (Å²) in [6.45, 7) is 6.29. The molecule has 3 aliphatic rings. The van der Waals surface area contributed by atoms with Crippen molar-refractivity contribution in [2.75, 3.05) is 37.9 Å². The van der Waals surface area contributed by atoms with Crippen LogP contribution in [0.1, 0.15) is 30.7 Å². The number of hydrogen-bond donors (Lipinski definition) is 0. The van der Waals surface area contributed by atoms with Crippen LogP contribution < -0.4 is 4.90 Å². The van der Waals surface area contributed by atoms with E-state index in [0.29, 0.717) is 12.0 Å². The lowest BCUT2D eigenvalue weighted by Gasteiger charge is -2.32. The highest BCUT2D eigenvalue weighted by Gasteiger charge is 2.46. The molecule has 3 atom stereocenters. The lowest BCUT2D eigenvalue weighted by molar-refractivity contribution is -0.0868. The van der Waals surface area contributed by atoms with Gasteiger partial charge in [0.2, 0.25) is 5.13 Å². The van der Waals surface area contributed by atoms with E-state index in [4.69, 9.17) is 14.2 Å². The molecule has 0 bridgehead atoms. The summed E-state index contributed by atoms with van der Waals surface area (Å²) in [7, 11) is 0. The quantitative estimate of drug-likeness (QED) is 0.837. The molecule has 0 saturated carbocycles. The summed E-state index contributed by atoms with van der Waals surface area (Å²) < 4.78 is 17.8. The molecule has 6 nitrogen and oxygen atoms in total. The Morgan fingerprint density at radius 1 is 1.22 bits per heavy atom. The first-order chi connectivity index (χ1) is 11.3. The van der Waals surface area contributed by atoms with E-state index >= 15 is 0 Å². The van der Waals surface area contributed by atoms with Gasteiger partial charge in [-0.2, -0.15) is 0 Å². The summed E-state index contributed by atoms with van der Waals surface area (Å²) in [5.74, 6) is 0.628. The first-order valence-corrected chi connectivity index (χ1v) is 9.50. The highest BCUT2D eigenvalue weighted by molar-refractivity contribution is 7.15. The molecular formula is C16H25N3O3S. The predicted molar refractivity (Wildman–Crippen MR) is 88.0 cm³/mol. The number of aryl methyl sites for hydroxylation is 1. The van der Waals surface area contributed by atoms with Crippen LogP contribution in [0.2, 0.25) is 0 Å². The lowest BCUT2D eigenvalue weighted by Crippen LogP contribution is -2.42. The van der Waals surface area contributed by atoms with E-state index in [-0.39, 0.29) is 12.2 Å². The van der Waals surface area contributed by atoms with Gasteiger partial charge in [-0.1, -0.05) is 11.3 Å². The lowest BCUT2D eigenvalue weighted by atomic mass is 10.0. The highest BCUT2D eigenvalue weighted by Crippen LogP contribution is 2.36. The third kappa shape index (κ3) is 3.38. The molecule has 4 heterocycles. The van der Waals surface area contributed by atoms with Crippen molar-refractivity contribution >= 4 is 16.5 Å². The van der Waals surface area contributed by atoms with Gasteiger partial charge in [0.1, 0.15) is 17.2 Å². The Labute approximate surface area is 141 Å². The van der Waals surface area contributed by atoms with Crippen molar-refractivity contribution in [2.45, 2.75) is 50.9 Å². The van der Waals surface area contributed by atoms with Crippen molar-refractivity contribution < 1.29 is 14.2 Å². The minimum atomic E-state index is 0.146. The molecule has 3 aliphatic heterocycles. The molecule has 0 unspecified atom stereocenters. The third-order valence-corrected chi connectivity index (χ3v) is 6.00. The topological polar surface area (TPSA) is 56.7 Å². The minimum Gasteiger partial charge on any atom is -0.381 e. The molecule has 0 amide bonds. The summed E-state index contributed by atoms with van der Waals surface area (Å²) >= 11 is 1.66. The summed E-state index contributed by atoms with van der Waals surface area (Å²) in [4.78, 5) is 2.36. The van der Waals surface area contributed by atoms with Crippen LogP contribution in [0.3, 0.4) is 0 Å². The summed E-state index contributed by atoms with van der Waals surface area (Å²) in [5.41, 5.74) is 0. The average Bonchev–Trinajstić information content (AvgIpc) is 3.18. The fourth-order valence-corrected chi connectivity index (χ4v) is 4.61. The molecule has 3 saturated heterocycles. The van der Waals surface area contributed by atoms with E-state index in [0.717, 1.165) is 68.8 Å². The largest absolute Gasteiger partial charge is 0.381 e. The van der Waals surface area contributed by atoms with Gasteiger partial charge in [0, 0.05) is 26.4 Å². The summed E-state index contributed by atoms with van der Waals surface area (Å²) in [6.07, 6.45) is 4.81. The second kappa shape index (κ2) is 7.01. The van der Waals surface area contributed by atoms with Crippen LogP contribution in [0.25, 0.3) is 0 Å². The van der Waals surface area contributed by atoms with Crippen LogP contribution in [0.5, 0.6) is 0 Å². The zero-order valence-corrected chi connectivity index (χ0v) is 14.5. The smallest absolute Gasteiger partial charge is 0.208 e. The van der Waals surface area contributed by atoms with Crippen LogP contribution in [0, 0.1) is 12.8 Å². The van der Waals surface area contributed by atoms with Gasteiger partial charge in [-0.3, -0.25) is 0 Å². The Bertz CT molecular complexity index is 520. The number of nitrogens with zero attached hydrogens (tertiary/aromatic N) is 3. The van der Waals surface area contributed by atoms with Gasteiger partial charge in [0.05, 0.1) is 12.6 Å². The van der Waals surface area contributed by atoms with Crippen molar-refractivity contribution in [3.8, 4) is 0 Å². The molecule has 0 radical (unpaired) electrons. The second-order valence-electron chi connectivity index (χ2n) is 6.73. The van der Waals surface area contributed by atoms with Crippen LogP contribution in [-0.2, 0) is 14.2 Å². The predicted octanol–water partition coefficient (Wildman–Crippen LogP) is 2.03. The molecule has 23 heavy (non-hydrogen) atoms. The van der Waals surface area contributed by atoms with Crippen molar-refractivity contribution in [3.05, 3.63) is 5.01 Å². The van der Waals surface area contributed by atoms with Crippen molar-refractivity contribution in [1.82, 2.24) is 10.2 Å². The van der Waals surface area contributed by atoms with E-state index in [1.54, 1.807) is 11.3 Å². The Hall–Kier alpha value is -0.760. The third-order valence-electron chi connectivity index (χ3n) is 5.13. The normalized spacial score (nSPS) is 32.2. The number of anilines is 1. The Kier molecular flexibility index (Phi) is 4.80. The Balaban J connectivity index is 1.42. The number of hydrogen-bond acceptors (Lipinski definition) is 7. The maximum atomic E-state index is 6.30. The first-order valence-electron chi connectivity index (χ1n) is 8.69. The maximum absolute atomic E-state index is 6.30. The number of aromatic nitrogens is 2. The standard InChI is InChI=1S/C16H25N3O3S/c1-11-17-18-16(23-11)19-9-14(15-13(19)3-2-6-21-15)22-10-12-4-7-20-8-5-12/h12-15H,2-10H2,1H3/t13-,14+,15+/m1/s1. The number of rotatable bonds is 4. The second-order valence-corrected chi connectivity index (χ2v) is 7.89. The van der Waals surface area contributed by atoms with Crippen molar-refractivity contribution in [3.63, 3.8) is 0 Å². The molecule has 1 aromatic rings. The molecule has 1 aromatic heterocycles. The Morgan fingerprint density at radius 2 is 2.09 bits per heavy atom. The molecule has 0 aliphatic carbocycles. The van der Waals surface area contributed by atoms with E-state index < -0.39 is 0 Å². The Morgan fingerprint density at radius 3 is 2.87 bits per heavy atom. The molecule has 128 valence electrons. The number of ether oxygens (including phenoxy) is 3. The van der Waals surface area contributed by atoms with E-state index in [9.17, 15) is 0 Å². The van der Waals surface area contributed by atoms with Crippen LogP contribution in [-0.4, -0.2) is 61.4 Å². The van der Waals surface area contributed by atoms with Crippen molar-refractivity contribution in [1.29, 1.82) is 0 Å². The van der Waals surface area contributed by atoms with Gasteiger partial charge in [-0.25, -0.2) is 0 Å². The van der Waals surface area contributed by atoms with Crippen LogP contribution in [0.4, 0.5) is 5.13 Å². The van der Waals surface area contributed by atoms with Gasteiger partial charge in [0.25, 0.3) is 0 Å². The van der Waals surface area contributed by atoms with Gasteiger partial charge >= 0.3 is 0 Å². The zero-order valence-electron chi connectivity index (χ0n) is 13.6. The van der Waals surface area contributed by atoms with Crippen molar-refractivity contribution in [2.24, 2.45) is 5.92 Å². The molecule has 3 fully saturated rings. The fourth-order valence-electron chi connectivity index (χ4n) is 3.85. The van der Waals surface area contributed by atoms with Gasteiger partial charge in [-0.05, 0) is 38.5 Å². The molecule has 0 N–H and O–H groups in total. The SMILES string of the molecule is Cc1nnc(N2C[C@H](OCC3CCOCC3)[C@H]3OCCC[C@H]32)s1. The molecular weight excluding hydrogens is 314 g/mol.